The molecule has 0 fully saturated rings. The predicted molar refractivity (Wildman–Crippen MR) is 113 cm³/mol. The first-order chi connectivity index (χ1) is 15.0. The summed E-state index contributed by atoms with van der Waals surface area (Å²) >= 11 is 0. The van der Waals surface area contributed by atoms with E-state index in [4.69, 9.17) is 9.47 Å². The van der Waals surface area contributed by atoms with Gasteiger partial charge in [0.2, 0.25) is 0 Å². The molecule has 1 aromatic heterocycles. The molecule has 0 bridgehead atoms. The predicted octanol–water partition coefficient (Wildman–Crippen LogP) is 3.77. The average molecular weight is 420 g/mol. The molecule has 9 nitrogen and oxygen atoms in total. The summed E-state index contributed by atoms with van der Waals surface area (Å²) in [5.41, 5.74) is 1.98. The third-order valence-corrected chi connectivity index (χ3v) is 5.11. The van der Waals surface area contributed by atoms with Crippen LogP contribution in [0.5, 0.6) is 11.5 Å². The Bertz CT molecular complexity index is 1130. The molecule has 2 heterocycles. The number of nitrogens with zero attached hydrogens (tertiary/aromatic N) is 3. The molecule has 1 aliphatic heterocycles. The Balaban J connectivity index is 1.70. The van der Waals surface area contributed by atoms with Crippen molar-refractivity contribution >= 4 is 17.3 Å². The van der Waals surface area contributed by atoms with Gasteiger partial charge in [-0.2, -0.15) is 0 Å². The van der Waals surface area contributed by atoms with E-state index in [1.165, 1.54) is 13.2 Å². The van der Waals surface area contributed by atoms with E-state index >= 15 is 0 Å². The van der Waals surface area contributed by atoms with E-state index in [0.29, 0.717) is 29.3 Å². The van der Waals surface area contributed by atoms with E-state index in [1.54, 1.807) is 42.5 Å². The largest absolute Gasteiger partial charge is 0.497 e. The Morgan fingerprint density at radius 3 is 2.48 bits per heavy atom. The number of amides is 1. The Kier molecular flexibility index (Phi) is 5.40. The fourth-order valence-electron chi connectivity index (χ4n) is 3.53. The van der Waals surface area contributed by atoms with Crippen LogP contribution in [0.4, 0.5) is 11.4 Å². The maximum Gasteiger partial charge on any atom is 0.296 e. The Hall–Kier alpha value is -4.14. The van der Waals surface area contributed by atoms with Gasteiger partial charge in [0.15, 0.2) is 0 Å². The van der Waals surface area contributed by atoms with Crippen molar-refractivity contribution in [3.63, 3.8) is 0 Å². The van der Waals surface area contributed by atoms with Gasteiger partial charge in [-0.1, -0.05) is 12.1 Å². The van der Waals surface area contributed by atoms with Gasteiger partial charge in [0.1, 0.15) is 23.4 Å². The van der Waals surface area contributed by atoms with Crippen molar-refractivity contribution in [3.05, 3.63) is 87.7 Å². The number of carbonyl (C=O) groups excluding carboxylic acids is 1. The summed E-state index contributed by atoms with van der Waals surface area (Å²) in [5, 5.41) is 14.8. The van der Waals surface area contributed by atoms with Crippen LogP contribution < -0.4 is 14.8 Å². The molecule has 2 aromatic carbocycles. The highest BCUT2D eigenvalue weighted by Gasteiger charge is 2.38. The second-order valence-corrected chi connectivity index (χ2v) is 6.90. The molecule has 158 valence electrons. The van der Waals surface area contributed by atoms with Crippen LogP contribution in [-0.2, 0) is 6.54 Å². The van der Waals surface area contributed by atoms with Crippen LogP contribution in [0, 0.1) is 10.1 Å². The van der Waals surface area contributed by atoms with Crippen molar-refractivity contribution in [3.8, 4) is 11.5 Å². The summed E-state index contributed by atoms with van der Waals surface area (Å²) in [6.45, 7) is 0.292. The van der Waals surface area contributed by atoms with Crippen LogP contribution in [0.15, 0.2) is 60.8 Å². The Morgan fingerprint density at radius 1 is 1.10 bits per heavy atom. The minimum atomic E-state index is -0.669. The number of carbonyl (C=O) groups is 1. The number of ether oxygens (including phenoxy) is 2. The fraction of sp³-hybridized carbons (Fsp3) is 0.182. The van der Waals surface area contributed by atoms with Crippen LogP contribution in [0.1, 0.15) is 27.8 Å². The smallest absolute Gasteiger partial charge is 0.296 e. The SMILES string of the molecule is COc1ccc(CN2C(=O)c3cccnc3[C@H]2Nc2ccc(OC)cc2[N+](=O)[O-])cc1. The average Bonchev–Trinajstić information content (AvgIpc) is 3.05. The summed E-state index contributed by atoms with van der Waals surface area (Å²) in [7, 11) is 3.03. The zero-order chi connectivity index (χ0) is 22.0. The van der Waals surface area contributed by atoms with Crippen LogP contribution in [0.25, 0.3) is 0 Å². The molecule has 0 unspecified atom stereocenters. The third-order valence-electron chi connectivity index (χ3n) is 5.11. The highest BCUT2D eigenvalue weighted by molar-refractivity contribution is 5.99. The third kappa shape index (κ3) is 3.85. The lowest BCUT2D eigenvalue weighted by atomic mass is 10.2. The second-order valence-electron chi connectivity index (χ2n) is 6.90. The van der Waals surface area contributed by atoms with Gasteiger partial charge in [-0.05, 0) is 42.0 Å². The van der Waals surface area contributed by atoms with Gasteiger partial charge in [-0.25, -0.2) is 0 Å². The van der Waals surface area contributed by atoms with E-state index in [9.17, 15) is 14.9 Å². The topological polar surface area (TPSA) is 107 Å². The molecule has 0 saturated heterocycles. The number of hydrogen-bond acceptors (Lipinski definition) is 7. The number of aromatic nitrogens is 1. The first-order valence-electron chi connectivity index (χ1n) is 9.49. The number of anilines is 1. The summed E-state index contributed by atoms with van der Waals surface area (Å²) in [6.07, 6.45) is 0.929. The number of methoxy groups -OCH3 is 2. The van der Waals surface area contributed by atoms with Crippen molar-refractivity contribution in [2.45, 2.75) is 12.7 Å². The molecule has 1 atom stereocenters. The highest BCUT2D eigenvalue weighted by atomic mass is 16.6. The monoisotopic (exact) mass is 420 g/mol. The Labute approximate surface area is 178 Å². The number of nitro groups is 1. The minimum absolute atomic E-state index is 0.152. The van der Waals surface area contributed by atoms with Crippen LogP contribution in [0.2, 0.25) is 0 Å². The van der Waals surface area contributed by atoms with E-state index in [0.717, 1.165) is 5.56 Å². The molecule has 1 N–H and O–H groups in total. The van der Waals surface area contributed by atoms with Gasteiger partial charge in [0.05, 0.1) is 36.5 Å². The van der Waals surface area contributed by atoms with E-state index < -0.39 is 11.1 Å². The van der Waals surface area contributed by atoms with Gasteiger partial charge in [0.25, 0.3) is 11.6 Å². The Morgan fingerprint density at radius 2 is 1.81 bits per heavy atom. The lowest BCUT2D eigenvalue weighted by Gasteiger charge is -2.26. The van der Waals surface area contributed by atoms with E-state index in [2.05, 4.69) is 10.3 Å². The molecule has 3 aromatic rings. The molecule has 9 heteroatoms. The number of hydrogen-bond donors (Lipinski definition) is 1. The number of benzene rings is 2. The summed E-state index contributed by atoms with van der Waals surface area (Å²) < 4.78 is 10.3. The first-order valence-corrected chi connectivity index (χ1v) is 9.49. The second kappa shape index (κ2) is 8.31. The molecular weight excluding hydrogens is 400 g/mol. The van der Waals surface area contributed by atoms with Crippen molar-refractivity contribution in [2.75, 3.05) is 19.5 Å². The summed E-state index contributed by atoms with van der Waals surface area (Å²) in [4.78, 5) is 30.2. The lowest BCUT2D eigenvalue weighted by Crippen LogP contribution is -2.32. The quantitative estimate of drug-likeness (QED) is 0.458. The maximum atomic E-state index is 13.1. The normalized spacial score (nSPS) is 14.8. The van der Waals surface area contributed by atoms with Crippen molar-refractivity contribution in [2.24, 2.45) is 0 Å². The molecule has 0 aliphatic carbocycles. The van der Waals surface area contributed by atoms with Crippen molar-refractivity contribution in [1.29, 1.82) is 0 Å². The standard InChI is InChI=1S/C22H20N4O5/c1-30-15-7-5-14(6-8-15)13-25-21(20-17(22(25)27)4-3-11-23-20)24-18-10-9-16(31-2)12-19(18)26(28)29/h3-12,21,24H,13H2,1-2H3/t21-/m0/s1. The van der Waals surface area contributed by atoms with Gasteiger partial charge in [-0.15, -0.1) is 0 Å². The molecular formula is C22H20N4O5. The number of nitro benzene ring substituents is 1. The zero-order valence-corrected chi connectivity index (χ0v) is 16.9. The van der Waals surface area contributed by atoms with Gasteiger partial charge >= 0.3 is 0 Å². The van der Waals surface area contributed by atoms with Gasteiger partial charge in [-0.3, -0.25) is 19.9 Å². The highest BCUT2D eigenvalue weighted by Crippen LogP contribution is 2.37. The number of fused-ring (bicyclic) bond motifs is 1. The molecule has 1 amide bonds. The zero-order valence-electron chi connectivity index (χ0n) is 16.9. The van der Waals surface area contributed by atoms with Gasteiger partial charge in [0, 0.05) is 12.7 Å². The molecule has 0 spiro atoms. The molecule has 31 heavy (non-hydrogen) atoms. The summed E-state index contributed by atoms with van der Waals surface area (Å²) in [6, 6.07) is 15.3. The van der Waals surface area contributed by atoms with Crippen LogP contribution in [-0.4, -0.2) is 34.9 Å². The number of nitrogens with one attached hydrogen (secondary N) is 1. The number of pyridine rings is 1. The van der Waals surface area contributed by atoms with Crippen LogP contribution in [0.3, 0.4) is 0 Å². The van der Waals surface area contributed by atoms with E-state index in [1.807, 2.05) is 24.3 Å². The lowest BCUT2D eigenvalue weighted by molar-refractivity contribution is -0.384. The summed E-state index contributed by atoms with van der Waals surface area (Å²) in [5.74, 6) is 0.880. The molecule has 0 radical (unpaired) electrons. The molecule has 0 saturated carbocycles. The van der Waals surface area contributed by atoms with Crippen molar-refractivity contribution < 1.29 is 19.2 Å². The minimum Gasteiger partial charge on any atom is -0.497 e. The fourth-order valence-corrected chi connectivity index (χ4v) is 3.53. The van der Waals surface area contributed by atoms with Crippen molar-refractivity contribution in [1.82, 2.24) is 9.88 Å². The van der Waals surface area contributed by atoms with Gasteiger partial charge < -0.3 is 19.7 Å². The van der Waals surface area contributed by atoms with Crippen LogP contribution >= 0.6 is 0 Å². The molecule has 4 rings (SSSR count). The number of rotatable bonds is 7. The maximum absolute atomic E-state index is 13.1. The molecule has 1 aliphatic rings. The first kappa shape index (κ1) is 20.1. The van der Waals surface area contributed by atoms with E-state index in [-0.39, 0.29) is 17.3 Å².